The summed E-state index contributed by atoms with van der Waals surface area (Å²) in [5.74, 6) is 0.00898. The molecule has 23 heavy (non-hydrogen) atoms. The maximum atomic E-state index is 12.9. The van der Waals surface area contributed by atoms with Crippen molar-refractivity contribution >= 4 is 17.3 Å². The van der Waals surface area contributed by atoms with Crippen molar-refractivity contribution in [3.63, 3.8) is 0 Å². The number of nitrogens with zero attached hydrogens (tertiary/aromatic N) is 1. The number of rotatable bonds is 3. The molecule has 0 spiro atoms. The van der Waals surface area contributed by atoms with E-state index in [2.05, 4.69) is 0 Å². The van der Waals surface area contributed by atoms with Gasteiger partial charge >= 0.3 is 0 Å². The first-order valence-corrected chi connectivity index (χ1v) is 7.67. The Morgan fingerprint density at radius 3 is 2.74 bits per heavy atom. The fraction of sp³-hybridized carbons (Fsp3) is 0.278. The molecule has 1 atom stereocenters. The maximum absolute atomic E-state index is 12.9. The molecule has 0 radical (unpaired) electrons. The van der Waals surface area contributed by atoms with Gasteiger partial charge < -0.3 is 15.4 Å². The Bertz CT molecular complexity index is 715. The molecule has 2 aromatic rings. The molecule has 4 nitrogen and oxygen atoms in total. The van der Waals surface area contributed by atoms with E-state index in [9.17, 15) is 9.18 Å². The molecule has 5 heteroatoms. The first-order valence-electron chi connectivity index (χ1n) is 7.67. The summed E-state index contributed by atoms with van der Waals surface area (Å²) in [4.78, 5) is 14.5. The van der Waals surface area contributed by atoms with Crippen LogP contribution in [0.3, 0.4) is 0 Å². The number of nitrogens with two attached hydrogens (primary N) is 1. The Labute approximate surface area is 134 Å². The molecule has 2 aromatic carbocycles. The zero-order valence-electron chi connectivity index (χ0n) is 13.0. The van der Waals surface area contributed by atoms with Gasteiger partial charge in [0, 0.05) is 17.9 Å². The number of nitrogen functional groups attached to an aromatic ring is 1. The van der Waals surface area contributed by atoms with Crippen LogP contribution in [0.2, 0.25) is 0 Å². The summed E-state index contributed by atoms with van der Waals surface area (Å²) in [7, 11) is 0. The molecule has 1 aliphatic heterocycles. The third-order valence-electron chi connectivity index (χ3n) is 4.03. The molecule has 1 aliphatic rings. The van der Waals surface area contributed by atoms with E-state index < -0.39 is 6.10 Å². The summed E-state index contributed by atoms with van der Waals surface area (Å²) in [6, 6.07) is 11.3. The quantitative estimate of drug-likeness (QED) is 0.886. The normalized spacial score (nSPS) is 15.0. The lowest BCUT2D eigenvalue weighted by molar-refractivity contribution is -0.124. The average Bonchev–Trinajstić information content (AvgIpc) is 2.56. The van der Waals surface area contributed by atoms with Gasteiger partial charge in [-0.3, -0.25) is 4.79 Å². The van der Waals surface area contributed by atoms with Crippen molar-refractivity contribution in [2.75, 3.05) is 17.2 Å². The second-order valence-electron chi connectivity index (χ2n) is 5.65. The predicted octanol–water partition coefficient (Wildman–Crippen LogP) is 3.15. The van der Waals surface area contributed by atoms with E-state index in [-0.39, 0.29) is 11.7 Å². The minimum Gasteiger partial charge on any atom is -0.481 e. The smallest absolute Gasteiger partial charge is 0.267 e. The molecule has 0 bridgehead atoms. The minimum absolute atomic E-state index is 0.124. The monoisotopic (exact) mass is 314 g/mol. The van der Waals surface area contributed by atoms with Crippen LogP contribution in [0.15, 0.2) is 42.5 Å². The van der Waals surface area contributed by atoms with E-state index in [1.807, 2.05) is 18.2 Å². The van der Waals surface area contributed by atoms with E-state index in [1.165, 1.54) is 24.3 Å². The number of hydrogen-bond acceptors (Lipinski definition) is 3. The Kier molecular flexibility index (Phi) is 4.19. The summed E-state index contributed by atoms with van der Waals surface area (Å²) in [5, 5.41) is 0. The van der Waals surface area contributed by atoms with Gasteiger partial charge in [0.1, 0.15) is 11.6 Å². The van der Waals surface area contributed by atoms with Gasteiger partial charge in [-0.15, -0.1) is 0 Å². The summed E-state index contributed by atoms with van der Waals surface area (Å²) in [5.41, 5.74) is 8.60. The average molecular weight is 314 g/mol. The van der Waals surface area contributed by atoms with E-state index in [0.717, 1.165) is 24.1 Å². The topological polar surface area (TPSA) is 55.6 Å². The highest BCUT2D eigenvalue weighted by Gasteiger charge is 2.28. The molecule has 120 valence electrons. The SMILES string of the molecule is CC(Oc1ccc(F)cc1)C(=O)N1CCCc2c(N)cccc21. The second kappa shape index (κ2) is 6.28. The van der Waals surface area contributed by atoms with Gasteiger partial charge in [-0.2, -0.15) is 0 Å². The lowest BCUT2D eigenvalue weighted by atomic mass is 9.99. The maximum Gasteiger partial charge on any atom is 0.267 e. The lowest BCUT2D eigenvalue weighted by Crippen LogP contribution is -2.43. The molecule has 1 unspecified atom stereocenters. The molecular weight excluding hydrogens is 295 g/mol. The highest BCUT2D eigenvalue weighted by Crippen LogP contribution is 2.31. The van der Waals surface area contributed by atoms with Crippen LogP contribution in [-0.4, -0.2) is 18.6 Å². The van der Waals surface area contributed by atoms with Gasteiger partial charge in [-0.1, -0.05) is 6.07 Å². The standard InChI is InChI=1S/C18H19FN2O2/c1-12(23-14-9-7-13(19)8-10-14)18(22)21-11-3-4-15-16(20)5-2-6-17(15)21/h2,5-10,12H,3-4,11,20H2,1H3. The highest BCUT2D eigenvalue weighted by atomic mass is 19.1. The molecule has 0 saturated heterocycles. The van der Waals surface area contributed by atoms with Crippen molar-refractivity contribution in [1.82, 2.24) is 0 Å². The summed E-state index contributed by atoms with van der Waals surface area (Å²) in [6.45, 7) is 2.35. The number of hydrogen-bond donors (Lipinski definition) is 1. The number of carbonyl (C=O) groups is 1. The van der Waals surface area contributed by atoms with Crippen LogP contribution in [0.1, 0.15) is 18.9 Å². The summed E-state index contributed by atoms with van der Waals surface area (Å²) >= 11 is 0. The molecule has 0 aromatic heterocycles. The van der Waals surface area contributed by atoms with E-state index in [4.69, 9.17) is 10.5 Å². The van der Waals surface area contributed by atoms with Gasteiger partial charge in [0.05, 0.1) is 0 Å². The molecule has 3 rings (SSSR count). The van der Waals surface area contributed by atoms with Crippen molar-refractivity contribution in [2.24, 2.45) is 0 Å². The third kappa shape index (κ3) is 3.13. The van der Waals surface area contributed by atoms with Crippen LogP contribution >= 0.6 is 0 Å². The zero-order valence-corrected chi connectivity index (χ0v) is 13.0. The predicted molar refractivity (Wildman–Crippen MR) is 88.0 cm³/mol. The van der Waals surface area contributed by atoms with Crippen molar-refractivity contribution in [2.45, 2.75) is 25.9 Å². The highest BCUT2D eigenvalue weighted by molar-refractivity contribution is 5.98. The van der Waals surface area contributed by atoms with Gasteiger partial charge in [-0.05, 0) is 61.7 Å². The Morgan fingerprint density at radius 1 is 1.26 bits per heavy atom. The number of anilines is 2. The van der Waals surface area contributed by atoms with Crippen molar-refractivity contribution < 1.29 is 13.9 Å². The molecule has 0 fully saturated rings. The molecule has 1 amide bonds. The van der Waals surface area contributed by atoms with Gasteiger partial charge in [-0.25, -0.2) is 4.39 Å². The number of fused-ring (bicyclic) bond motifs is 1. The zero-order chi connectivity index (χ0) is 16.4. The van der Waals surface area contributed by atoms with Crippen LogP contribution in [0, 0.1) is 5.82 Å². The number of halogens is 1. The van der Waals surface area contributed by atoms with Gasteiger partial charge in [0.2, 0.25) is 0 Å². The fourth-order valence-corrected chi connectivity index (χ4v) is 2.87. The molecule has 0 aliphatic carbocycles. The largest absolute Gasteiger partial charge is 0.481 e. The van der Waals surface area contributed by atoms with E-state index >= 15 is 0 Å². The molecule has 0 saturated carbocycles. The van der Waals surface area contributed by atoms with Gasteiger partial charge in [0.25, 0.3) is 5.91 Å². The van der Waals surface area contributed by atoms with Crippen LogP contribution in [0.25, 0.3) is 0 Å². The third-order valence-corrected chi connectivity index (χ3v) is 4.03. The Morgan fingerprint density at radius 2 is 2.00 bits per heavy atom. The number of amides is 1. The second-order valence-corrected chi connectivity index (χ2v) is 5.65. The van der Waals surface area contributed by atoms with Crippen molar-refractivity contribution in [1.29, 1.82) is 0 Å². The first-order chi connectivity index (χ1) is 11.1. The Balaban J connectivity index is 1.78. The van der Waals surface area contributed by atoms with Crippen LogP contribution in [0.4, 0.5) is 15.8 Å². The molecule has 1 heterocycles. The first kappa shape index (κ1) is 15.3. The summed E-state index contributed by atoms with van der Waals surface area (Å²) in [6.07, 6.45) is 1.09. The van der Waals surface area contributed by atoms with Crippen molar-refractivity contribution in [3.05, 3.63) is 53.8 Å². The number of carbonyl (C=O) groups excluding carboxylic acids is 1. The minimum atomic E-state index is -0.659. The molecule has 2 N–H and O–H groups in total. The van der Waals surface area contributed by atoms with Crippen molar-refractivity contribution in [3.8, 4) is 5.75 Å². The summed E-state index contributed by atoms with van der Waals surface area (Å²) < 4.78 is 18.6. The molecular formula is C18H19FN2O2. The van der Waals surface area contributed by atoms with Crippen LogP contribution in [-0.2, 0) is 11.2 Å². The van der Waals surface area contributed by atoms with E-state index in [0.29, 0.717) is 18.0 Å². The Hall–Kier alpha value is -2.56. The number of ether oxygens (including phenoxy) is 1. The van der Waals surface area contributed by atoms with Crippen LogP contribution < -0.4 is 15.4 Å². The fourth-order valence-electron chi connectivity index (χ4n) is 2.87. The van der Waals surface area contributed by atoms with Gasteiger partial charge in [0.15, 0.2) is 6.10 Å². The lowest BCUT2D eigenvalue weighted by Gasteiger charge is -2.32. The number of benzene rings is 2. The van der Waals surface area contributed by atoms with E-state index in [1.54, 1.807) is 11.8 Å². The van der Waals surface area contributed by atoms with Crippen LogP contribution in [0.5, 0.6) is 5.75 Å².